The molecule has 0 bridgehead atoms. The van der Waals surface area contributed by atoms with E-state index in [1.807, 2.05) is 16.8 Å². The number of rotatable bonds is 1. The highest BCUT2D eigenvalue weighted by atomic mass is 15.3. The van der Waals surface area contributed by atoms with Crippen molar-refractivity contribution >= 4 is 5.65 Å². The van der Waals surface area contributed by atoms with E-state index < -0.39 is 0 Å². The van der Waals surface area contributed by atoms with Gasteiger partial charge in [0.2, 0.25) is 0 Å². The third-order valence-corrected chi connectivity index (χ3v) is 3.32. The van der Waals surface area contributed by atoms with E-state index in [4.69, 9.17) is 0 Å². The van der Waals surface area contributed by atoms with Crippen LogP contribution in [-0.2, 0) is 0 Å². The molecule has 0 spiro atoms. The van der Waals surface area contributed by atoms with Gasteiger partial charge in [0.15, 0.2) is 5.65 Å². The number of piperidine rings is 1. The second-order valence-electron chi connectivity index (χ2n) is 4.45. The van der Waals surface area contributed by atoms with Crippen LogP contribution in [0.3, 0.4) is 0 Å². The maximum atomic E-state index is 4.66. The topological polar surface area (TPSA) is 42.2 Å². The molecule has 0 amide bonds. The van der Waals surface area contributed by atoms with Gasteiger partial charge < -0.3 is 5.32 Å². The van der Waals surface area contributed by atoms with Gasteiger partial charge >= 0.3 is 0 Å². The summed E-state index contributed by atoms with van der Waals surface area (Å²) in [6, 6.07) is 4.12. The number of aryl methyl sites for hydroxylation is 1. The fourth-order valence-corrected chi connectivity index (χ4v) is 2.35. The molecule has 1 N–H and O–H groups in total. The first kappa shape index (κ1) is 9.78. The van der Waals surface area contributed by atoms with Crippen LogP contribution in [0.5, 0.6) is 0 Å². The molecule has 0 atom stereocenters. The maximum absolute atomic E-state index is 4.66. The Bertz CT molecular complexity index is 497. The molecule has 1 fully saturated rings. The predicted octanol–water partition coefficient (Wildman–Crippen LogP) is 1.50. The summed E-state index contributed by atoms with van der Waals surface area (Å²) >= 11 is 0. The van der Waals surface area contributed by atoms with Crippen LogP contribution in [0.2, 0.25) is 0 Å². The van der Waals surface area contributed by atoms with Gasteiger partial charge in [-0.05, 0) is 38.9 Å². The lowest BCUT2D eigenvalue weighted by Gasteiger charge is -2.20. The fraction of sp³-hybridized carbons (Fsp3) is 0.500. The Hall–Kier alpha value is -1.42. The number of hydrogen-bond acceptors (Lipinski definition) is 3. The van der Waals surface area contributed by atoms with Crippen LogP contribution in [0, 0.1) is 6.92 Å². The van der Waals surface area contributed by atoms with E-state index in [1.165, 1.54) is 18.5 Å². The molecule has 3 rings (SSSR count). The van der Waals surface area contributed by atoms with E-state index >= 15 is 0 Å². The molecule has 3 heterocycles. The highest BCUT2D eigenvalue weighted by Crippen LogP contribution is 2.24. The summed E-state index contributed by atoms with van der Waals surface area (Å²) in [6.45, 7) is 4.27. The van der Waals surface area contributed by atoms with Gasteiger partial charge in [0.1, 0.15) is 0 Å². The van der Waals surface area contributed by atoms with Gasteiger partial charge in [-0.1, -0.05) is 0 Å². The molecule has 4 heteroatoms. The molecule has 2 aromatic rings. The minimum atomic E-state index is 0.599. The van der Waals surface area contributed by atoms with Crippen molar-refractivity contribution in [2.45, 2.75) is 25.7 Å². The first-order valence-corrected chi connectivity index (χ1v) is 5.86. The Morgan fingerprint density at radius 3 is 2.94 bits per heavy atom. The Morgan fingerprint density at radius 1 is 1.38 bits per heavy atom. The summed E-state index contributed by atoms with van der Waals surface area (Å²) in [5.41, 5.74) is 3.31. The van der Waals surface area contributed by atoms with Gasteiger partial charge in [0, 0.05) is 23.9 Å². The summed E-state index contributed by atoms with van der Waals surface area (Å²) in [5, 5.41) is 8.04. The number of aromatic nitrogens is 3. The molecule has 0 aliphatic carbocycles. The number of hydrogen-bond donors (Lipinski definition) is 1. The van der Waals surface area contributed by atoms with Crippen molar-refractivity contribution in [2.24, 2.45) is 0 Å². The molecule has 0 radical (unpaired) electrons. The highest BCUT2D eigenvalue weighted by Gasteiger charge is 2.18. The fourth-order valence-electron chi connectivity index (χ4n) is 2.35. The SMILES string of the molecule is Cc1ccnc2cc(C3CCNCC3)nn12. The Balaban J connectivity index is 2.01. The zero-order valence-corrected chi connectivity index (χ0v) is 9.48. The number of nitrogens with one attached hydrogen (secondary N) is 1. The van der Waals surface area contributed by atoms with Crippen molar-refractivity contribution in [1.29, 1.82) is 0 Å². The molecule has 1 aliphatic heterocycles. The Kier molecular flexibility index (Phi) is 2.36. The van der Waals surface area contributed by atoms with Crippen molar-refractivity contribution in [1.82, 2.24) is 19.9 Å². The van der Waals surface area contributed by atoms with Crippen molar-refractivity contribution < 1.29 is 0 Å². The predicted molar refractivity (Wildman–Crippen MR) is 62.6 cm³/mol. The zero-order valence-electron chi connectivity index (χ0n) is 9.48. The monoisotopic (exact) mass is 216 g/mol. The highest BCUT2D eigenvalue weighted by molar-refractivity contribution is 5.41. The summed E-state index contributed by atoms with van der Waals surface area (Å²) in [5.74, 6) is 0.599. The molecule has 1 saturated heterocycles. The molecule has 0 unspecified atom stereocenters. The quantitative estimate of drug-likeness (QED) is 0.785. The smallest absolute Gasteiger partial charge is 0.155 e. The lowest BCUT2D eigenvalue weighted by molar-refractivity contribution is 0.451. The van der Waals surface area contributed by atoms with Crippen LogP contribution in [0.25, 0.3) is 5.65 Å². The minimum Gasteiger partial charge on any atom is -0.317 e. The molecule has 2 aromatic heterocycles. The second-order valence-corrected chi connectivity index (χ2v) is 4.45. The lowest BCUT2D eigenvalue weighted by atomic mass is 9.95. The van der Waals surface area contributed by atoms with Crippen molar-refractivity contribution in [3.63, 3.8) is 0 Å². The van der Waals surface area contributed by atoms with Gasteiger partial charge in [-0.25, -0.2) is 9.50 Å². The van der Waals surface area contributed by atoms with Crippen molar-refractivity contribution in [3.8, 4) is 0 Å². The molecule has 0 saturated carbocycles. The maximum Gasteiger partial charge on any atom is 0.155 e. The van der Waals surface area contributed by atoms with E-state index in [0.717, 1.165) is 24.4 Å². The van der Waals surface area contributed by atoms with Crippen LogP contribution in [0.4, 0.5) is 0 Å². The van der Waals surface area contributed by atoms with Gasteiger partial charge in [-0.3, -0.25) is 0 Å². The first-order valence-electron chi connectivity index (χ1n) is 5.86. The molecule has 84 valence electrons. The Labute approximate surface area is 94.7 Å². The minimum absolute atomic E-state index is 0.599. The molecule has 4 nitrogen and oxygen atoms in total. The Morgan fingerprint density at radius 2 is 2.19 bits per heavy atom. The molecular weight excluding hydrogens is 200 g/mol. The van der Waals surface area contributed by atoms with Crippen LogP contribution in [0.15, 0.2) is 18.3 Å². The third kappa shape index (κ3) is 1.59. The third-order valence-electron chi connectivity index (χ3n) is 3.32. The van der Waals surface area contributed by atoms with E-state index in [0.29, 0.717) is 5.92 Å². The average Bonchev–Trinajstić information content (AvgIpc) is 2.76. The molecular formula is C12H16N4. The average molecular weight is 216 g/mol. The molecule has 16 heavy (non-hydrogen) atoms. The molecule has 1 aliphatic rings. The normalized spacial score (nSPS) is 18.1. The van der Waals surface area contributed by atoms with E-state index in [1.54, 1.807) is 0 Å². The first-order chi connectivity index (χ1) is 7.84. The van der Waals surface area contributed by atoms with Gasteiger partial charge in [-0.2, -0.15) is 5.10 Å². The van der Waals surface area contributed by atoms with Crippen LogP contribution in [-0.4, -0.2) is 27.7 Å². The summed E-state index contributed by atoms with van der Waals surface area (Å²) in [4.78, 5) is 4.34. The van der Waals surface area contributed by atoms with E-state index in [-0.39, 0.29) is 0 Å². The summed E-state index contributed by atoms with van der Waals surface area (Å²) in [7, 11) is 0. The van der Waals surface area contributed by atoms with Gasteiger partial charge in [0.25, 0.3) is 0 Å². The zero-order chi connectivity index (χ0) is 11.0. The number of nitrogens with zero attached hydrogens (tertiary/aromatic N) is 3. The van der Waals surface area contributed by atoms with Crippen LogP contribution >= 0.6 is 0 Å². The van der Waals surface area contributed by atoms with Crippen LogP contribution < -0.4 is 5.32 Å². The second kappa shape index (κ2) is 3.87. The lowest BCUT2D eigenvalue weighted by Crippen LogP contribution is -2.26. The van der Waals surface area contributed by atoms with Gasteiger partial charge in [0.05, 0.1) is 5.69 Å². The van der Waals surface area contributed by atoms with Crippen LogP contribution in [0.1, 0.15) is 30.1 Å². The van der Waals surface area contributed by atoms with E-state index in [2.05, 4.69) is 28.4 Å². The van der Waals surface area contributed by atoms with E-state index in [9.17, 15) is 0 Å². The van der Waals surface area contributed by atoms with Crippen molar-refractivity contribution in [3.05, 3.63) is 29.7 Å². The van der Waals surface area contributed by atoms with Crippen molar-refractivity contribution in [2.75, 3.05) is 13.1 Å². The van der Waals surface area contributed by atoms with Gasteiger partial charge in [-0.15, -0.1) is 0 Å². The number of fused-ring (bicyclic) bond motifs is 1. The summed E-state index contributed by atoms with van der Waals surface area (Å²) < 4.78 is 1.94. The largest absolute Gasteiger partial charge is 0.317 e. The standard InChI is InChI=1S/C12H16N4/c1-9-2-7-14-12-8-11(15-16(9)12)10-3-5-13-6-4-10/h2,7-8,10,13H,3-6H2,1H3. The molecule has 0 aromatic carbocycles. The summed E-state index contributed by atoms with van der Waals surface area (Å²) in [6.07, 6.45) is 4.21.